The molecule has 0 rings (SSSR count). The molecule has 0 saturated carbocycles. The lowest BCUT2D eigenvalue weighted by atomic mass is 10.6. The highest BCUT2D eigenvalue weighted by Gasteiger charge is 2.09. The van der Waals surface area contributed by atoms with Crippen LogP contribution in [0.2, 0.25) is 0 Å². The van der Waals surface area contributed by atoms with E-state index in [-0.39, 0.29) is 25.5 Å². The van der Waals surface area contributed by atoms with E-state index < -0.39 is 0 Å². The van der Waals surface area contributed by atoms with Gasteiger partial charge in [0.25, 0.3) is 0 Å². The van der Waals surface area contributed by atoms with Gasteiger partial charge in [0, 0.05) is 24.8 Å². The lowest BCUT2D eigenvalue weighted by Crippen LogP contribution is -2.38. The zero-order chi connectivity index (χ0) is 16.1. The van der Waals surface area contributed by atoms with Crippen molar-refractivity contribution in [1.82, 2.24) is 20.4 Å². The standard InChI is InChI=1S/C14H22N4O3/c1-5-9-15-13(19)18(8-4)12-21-11-16-14(20)17(7-3)10-6-2/h5-10H,3-4,11-12H2,1-2H3,(H,15,19)(H,16,20)/b9-5+,10-6+. The Labute approximate surface area is 125 Å². The normalized spacial score (nSPS) is 10.4. The van der Waals surface area contributed by atoms with Gasteiger partial charge in [-0.2, -0.15) is 0 Å². The fourth-order valence-electron chi connectivity index (χ4n) is 1.15. The first kappa shape index (κ1) is 18.5. The van der Waals surface area contributed by atoms with Gasteiger partial charge in [-0.3, -0.25) is 9.80 Å². The van der Waals surface area contributed by atoms with Crippen molar-refractivity contribution >= 4 is 12.1 Å². The Morgan fingerprint density at radius 1 is 1.14 bits per heavy atom. The molecule has 0 bridgehead atoms. The minimum Gasteiger partial charge on any atom is -0.340 e. The van der Waals surface area contributed by atoms with Crippen molar-refractivity contribution < 1.29 is 14.3 Å². The maximum atomic E-state index is 11.6. The maximum absolute atomic E-state index is 11.6. The molecular weight excluding hydrogens is 272 g/mol. The van der Waals surface area contributed by atoms with Gasteiger partial charge in [0.05, 0.1) is 0 Å². The predicted molar refractivity (Wildman–Crippen MR) is 81.6 cm³/mol. The molecule has 0 aromatic rings. The molecule has 7 heteroatoms. The van der Waals surface area contributed by atoms with E-state index in [1.54, 1.807) is 32.2 Å². The molecule has 2 N–H and O–H groups in total. The number of amides is 4. The Balaban J connectivity index is 4.12. The van der Waals surface area contributed by atoms with Crippen LogP contribution in [0.3, 0.4) is 0 Å². The summed E-state index contributed by atoms with van der Waals surface area (Å²) in [5.74, 6) is 0. The number of hydrogen-bond acceptors (Lipinski definition) is 3. The zero-order valence-corrected chi connectivity index (χ0v) is 12.4. The average Bonchev–Trinajstić information content (AvgIpc) is 2.49. The molecule has 0 aromatic carbocycles. The van der Waals surface area contributed by atoms with Gasteiger partial charge in [0.2, 0.25) is 0 Å². The molecule has 0 aliphatic heterocycles. The summed E-state index contributed by atoms with van der Waals surface area (Å²) in [6.07, 6.45) is 9.15. The number of rotatable bonds is 8. The number of ether oxygens (including phenoxy) is 1. The second-order valence-electron chi connectivity index (χ2n) is 3.63. The van der Waals surface area contributed by atoms with Gasteiger partial charge < -0.3 is 15.4 Å². The molecule has 0 aromatic heterocycles. The van der Waals surface area contributed by atoms with Crippen LogP contribution >= 0.6 is 0 Å². The van der Waals surface area contributed by atoms with E-state index in [9.17, 15) is 9.59 Å². The average molecular weight is 294 g/mol. The summed E-state index contributed by atoms with van der Waals surface area (Å²) in [5, 5.41) is 5.03. The van der Waals surface area contributed by atoms with Crippen LogP contribution in [0, 0.1) is 0 Å². The van der Waals surface area contributed by atoms with E-state index in [2.05, 4.69) is 23.8 Å². The monoisotopic (exact) mass is 294 g/mol. The highest BCUT2D eigenvalue weighted by Crippen LogP contribution is 1.93. The summed E-state index contributed by atoms with van der Waals surface area (Å²) < 4.78 is 5.18. The smallest absolute Gasteiger partial charge is 0.327 e. The number of carbonyl (C=O) groups is 2. The van der Waals surface area contributed by atoms with Crippen molar-refractivity contribution in [3.8, 4) is 0 Å². The van der Waals surface area contributed by atoms with Gasteiger partial charge in [-0.1, -0.05) is 25.3 Å². The second kappa shape index (κ2) is 11.3. The Bertz CT molecular complexity index is 418. The van der Waals surface area contributed by atoms with Crippen LogP contribution in [0.25, 0.3) is 0 Å². The Hall–Kier alpha value is -2.54. The minimum absolute atomic E-state index is 0.0368. The van der Waals surface area contributed by atoms with Crippen molar-refractivity contribution in [2.24, 2.45) is 0 Å². The van der Waals surface area contributed by atoms with Crippen LogP contribution in [-0.4, -0.2) is 35.3 Å². The number of nitrogens with zero attached hydrogens (tertiary/aromatic N) is 2. The Kier molecular flexibility index (Phi) is 9.93. The third-order valence-electron chi connectivity index (χ3n) is 2.15. The number of carbonyl (C=O) groups excluding carboxylic acids is 2. The SMILES string of the molecule is C=CN(/C=C/C)C(=O)NCOCN(C=C)C(=O)N/C=C/C. The fraction of sp³-hybridized carbons (Fsp3) is 0.286. The molecule has 116 valence electrons. The van der Waals surface area contributed by atoms with E-state index in [4.69, 9.17) is 4.74 Å². The summed E-state index contributed by atoms with van der Waals surface area (Å²) in [6.45, 7) is 10.5. The van der Waals surface area contributed by atoms with Crippen LogP contribution in [0.4, 0.5) is 9.59 Å². The van der Waals surface area contributed by atoms with Gasteiger partial charge >= 0.3 is 12.1 Å². The Morgan fingerprint density at radius 3 is 2.38 bits per heavy atom. The van der Waals surface area contributed by atoms with Gasteiger partial charge in [0.1, 0.15) is 13.5 Å². The quantitative estimate of drug-likeness (QED) is 0.533. The van der Waals surface area contributed by atoms with Gasteiger partial charge in [-0.05, 0) is 13.8 Å². The number of allylic oxidation sites excluding steroid dienone is 2. The van der Waals surface area contributed by atoms with Crippen molar-refractivity contribution in [2.75, 3.05) is 13.5 Å². The van der Waals surface area contributed by atoms with E-state index in [0.717, 1.165) is 0 Å². The van der Waals surface area contributed by atoms with Crippen molar-refractivity contribution in [3.63, 3.8) is 0 Å². The summed E-state index contributed by atoms with van der Waals surface area (Å²) in [5.41, 5.74) is 0. The second-order valence-corrected chi connectivity index (χ2v) is 3.63. The van der Waals surface area contributed by atoms with Crippen molar-refractivity contribution in [3.05, 3.63) is 50.1 Å². The largest absolute Gasteiger partial charge is 0.340 e. The number of nitrogens with one attached hydrogen (secondary N) is 2. The molecule has 0 spiro atoms. The molecule has 0 radical (unpaired) electrons. The minimum atomic E-state index is -0.383. The lowest BCUT2D eigenvalue weighted by Gasteiger charge is -2.18. The molecule has 0 heterocycles. The molecule has 0 fully saturated rings. The molecule has 21 heavy (non-hydrogen) atoms. The summed E-state index contributed by atoms with van der Waals surface area (Å²) in [4.78, 5) is 25.7. The van der Waals surface area contributed by atoms with E-state index in [1.165, 1.54) is 28.4 Å². The van der Waals surface area contributed by atoms with Crippen LogP contribution in [0.5, 0.6) is 0 Å². The van der Waals surface area contributed by atoms with Crippen LogP contribution in [0.1, 0.15) is 13.8 Å². The molecule has 4 amide bonds. The molecule has 0 saturated heterocycles. The van der Waals surface area contributed by atoms with Gasteiger partial charge in [-0.25, -0.2) is 9.59 Å². The number of urea groups is 2. The van der Waals surface area contributed by atoms with Crippen molar-refractivity contribution in [1.29, 1.82) is 0 Å². The molecule has 0 unspecified atom stereocenters. The topological polar surface area (TPSA) is 73.9 Å². The predicted octanol–water partition coefficient (Wildman–Crippen LogP) is 2.30. The van der Waals surface area contributed by atoms with E-state index in [0.29, 0.717) is 0 Å². The van der Waals surface area contributed by atoms with Crippen LogP contribution in [0.15, 0.2) is 50.1 Å². The zero-order valence-electron chi connectivity index (χ0n) is 12.4. The third-order valence-corrected chi connectivity index (χ3v) is 2.15. The molecule has 7 nitrogen and oxygen atoms in total. The fourth-order valence-corrected chi connectivity index (χ4v) is 1.15. The molecule has 0 aliphatic carbocycles. The van der Waals surface area contributed by atoms with Crippen LogP contribution < -0.4 is 10.6 Å². The molecular formula is C14H22N4O3. The lowest BCUT2D eigenvalue weighted by molar-refractivity contribution is 0.0604. The molecule has 0 atom stereocenters. The number of hydrogen-bond donors (Lipinski definition) is 2. The van der Waals surface area contributed by atoms with Gasteiger partial charge in [0.15, 0.2) is 0 Å². The summed E-state index contributed by atoms with van der Waals surface area (Å²) in [7, 11) is 0. The van der Waals surface area contributed by atoms with Gasteiger partial charge in [-0.15, -0.1) is 0 Å². The summed E-state index contributed by atoms with van der Waals surface area (Å²) in [6, 6.07) is -0.761. The first-order valence-corrected chi connectivity index (χ1v) is 6.30. The maximum Gasteiger partial charge on any atom is 0.327 e. The highest BCUT2D eigenvalue weighted by molar-refractivity contribution is 5.76. The first-order valence-electron chi connectivity index (χ1n) is 6.30. The molecule has 0 aliphatic rings. The highest BCUT2D eigenvalue weighted by atomic mass is 16.5. The van der Waals surface area contributed by atoms with E-state index in [1.807, 2.05) is 0 Å². The van der Waals surface area contributed by atoms with Crippen LogP contribution in [-0.2, 0) is 4.74 Å². The Morgan fingerprint density at radius 2 is 1.86 bits per heavy atom. The first-order chi connectivity index (χ1) is 10.1. The van der Waals surface area contributed by atoms with Crippen molar-refractivity contribution in [2.45, 2.75) is 13.8 Å². The third kappa shape index (κ3) is 7.58. The van der Waals surface area contributed by atoms with E-state index >= 15 is 0 Å². The summed E-state index contributed by atoms with van der Waals surface area (Å²) >= 11 is 0.